The molecule has 5 rings (SSSR count). The Labute approximate surface area is 230 Å². The monoisotopic (exact) mass is 528 g/mol. The number of esters is 1. The van der Waals surface area contributed by atoms with E-state index in [4.69, 9.17) is 14.2 Å². The summed E-state index contributed by atoms with van der Waals surface area (Å²) < 4.78 is 17.1. The standard InChI is InChI=1S/C32H36N2O5/c1-37-31(35)29(33-32(36)38-22-23-9-3-2-4-10-23)21-34-19-17-26(18-20-34)39-30-27-13-7-5-11-24(27)15-16-25-12-6-8-14-28(25)30/h2-14,26,29-30H,15-22H2,1H3,(H,33,36)/t29-/m0/s1. The van der Waals surface area contributed by atoms with E-state index < -0.39 is 18.1 Å². The van der Waals surface area contributed by atoms with Crippen LogP contribution in [0.1, 0.15) is 46.8 Å². The molecule has 39 heavy (non-hydrogen) atoms. The Morgan fingerprint density at radius 2 is 1.46 bits per heavy atom. The Hall–Kier alpha value is -3.68. The van der Waals surface area contributed by atoms with Crippen LogP contribution in [0.5, 0.6) is 0 Å². The third kappa shape index (κ3) is 6.85. The zero-order valence-electron chi connectivity index (χ0n) is 22.4. The topological polar surface area (TPSA) is 77.1 Å². The molecule has 1 atom stereocenters. The SMILES string of the molecule is COC(=O)[C@H](CN1CCC(OC2c3ccccc3CCc3ccccc32)CC1)NC(=O)OCc1ccccc1. The molecule has 0 aromatic heterocycles. The van der Waals surface area contributed by atoms with Crippen LogP contribution < -0.4 is 5.32 Å². The maximum absolute atomic E-state index is 12.4. The van der Waals surface area contributed by atoms with Crippen molar-refractivity contribution < 1.29 is 23.8 Å². The van der Waals surface area contributed by atoms with Crippen molar-refractivity contribution >= 4 is 12.1 Å². The summed E-state index contributed by atoms with van der Waals surface area (Å²) in [5, 5.41) is 2.68. The number of nitrogens with zero attached hydrogens (tertiary/aromatic N) is 1. The van der Waals surface area contributed by atoms with Crippen LogP contribution in [0.3, 0.4) is 0 Å². The summed E-state index contributed by atoms with van der Waals surface area (Å²) >= 11 is 0. The van der Waals surface area contributed by atoms with E-state index in [-0.39, 0.29) is 18.8 Å². The number of hydrogen-bond acceptors (Lipinski definition) is 6. The first-order chi connectivity index (χ1) is 19.1. The molecular weight excluding hydrogens is 492 g/mol. The average molecular weight is 529 g/mol. The quantitative estimate of drug-likeness (QED) is 0.423. The van der Waals surface area contributed by atoms with Gasteiger partial charge in [-0.25, -0.2) is 9.59 Å². The number of ether oxygens (including phenoxy) is 3. The van der Waals surface area contributed by atoms with Gasteiger partial charge in [0.1, 0.15) is 18.8 Å². The summed E-state index contributed by atoms with van der Waals surface area (Å²) in [4.78, 5) is 27.0. The molecule has 0 spiro atoms. The van der Waals surface area contributed by atoms with Gasteiger partial charge in [-0.1, -0.05) is 78.9 Å². The highest BCUT2D eigenvalue weighted by molar-refractivity contribution is 5.81. The first-order valence-corrected chi connectivity index (χ1v) is 13.7. The Bertz CT molecular complexity index is 1210. The molecule has 0 bridgehead atoms. The van der Waals surface area contributed by atoms with Crippen LogP contribution in [0.25, 0.3) is 0 Å². The number of benzene rings is 3. The first-order valence-electron chi connectivity index (χ1n) is 13.7. The van der Waals surface area contributed by atoms with Crippen LogP contribution in [0.4, 0.5) is 4.79 Å². The molecule has 204 valence electrons. The second kappa shape index (κ2) is 12.9. The number of carbonyl (C=O) groups excluding carboxylic acids is 2. The lowest BCUT2D eigenvalue weighted by atomic mass is 9.96. The molecule has 1 fully saturated rings. The minimum atomic E-state index is -0.809. The molecule has 3 aromatic rings. The summed E-state index contributed by atoms with van der Waals surface area (Å²) in [6, 6.07) is 25.8. The molecule has 1 aliphatic carbocycles. The number of hydrogen-bond donors (Lipinski definition) is 1. The van der Waals surface area contributed by atoms with Gasteiger partial charge in [-0.3, -0.25) is 0 Å². The Balaban J connectivity index is 1.18. The zero-order chi connectivity index (χ0) is 27.0. The van der Waals surface area contributed by atoms with Gasteiger partial charge in [0.2, 0.25) is 0 Å². The molecule has 1 amide bonds. The minimum Gasteiger partial charge on any atom is -0.467 e. The fourth-order valence-corrected chi connectivity index (χ4v) is 5.53. The summed E-state index contributed by atoms with van der Waals surface area (Å²) in [6.45, 7) is 2.01. The highest BCUT2D eigenvalue weighted by Crippen LogP contribution is 2.37. The number of amides is 1. The van der Waals surface area contributed by atoms with E-state index in [0.29, 0.717) is 6.54 Å². The normalized spacial score (nSPS) is 16.8. The number of alkyl carbamates (subject to hydrolysis) is 1. The molecule has 2 aliphatic rings. The predicted octanol–water partition coefficient (Wildman–Crippen LogP) is 4.82. The third-order valence-electron chi connectivity index (χ3n) is 7.63. The molecule has 0 radical (unpaired) electrons. The van der Waals surface area contributed by atoms with Crippen molar-refractivity contribution in [3.63, 3.8) is 0 Å². The van der Waals surface area contributed by atoms with Gasteiger partial charge < -0.3 is 24.4 Å². The number of piperidine rings is 1. The van der Waals surface area contributed by atoms with Crippen LogP contribution in [0.2, 0.25) is 0 Å². The highest BCUT2D eigenvalue weighted by Gasteiger charge is 2.31. The van der Waals surface area contributed by atoms with Crippen molar-refractivity contribution in [2.75, 3.05) is 26.7 Å². The van der Waals surface area contributed by atoms with Gasteiger partial charge in [-0.2, -0.15) is 0 Å². The average Bonchev–Trinajstić information content (AvgIpc) is 3.14. The molecule has 1 heterocycles. The molecule has 7 nitrogen and oxygen atoms in total. The van der Waals surface area contributed by atoms with E-state index in [1.165, 1.54) is 29.4 Å². The van der Waals surface area contributed by atoms with Crippen LogP contribution in [-0.4, -0.2) is 55.9 Å². The van der Waals surface area contributed by atoms with Crippen LogP contribution in [-0.2, 0) is 38.5 Å². The van der Waals surface area contributed by atoms with Crippen molar-refractivity contribution in [3.05, 3.63) is 107 Å². The maximum atomic E-state index is 12.4. The Morgan fingerprint density at radius 1 is 0.872 bits per heavy atom. The van der Waals surface area contributed by atoms with E-state index in [9.17, 15) is 9.59 Å². The largest absolute Gasteiger partial charge is 0.467 e. The molecule has 0 unspecified atom stereocenters. The number of rotatable bonds is 8. The number of fused-ring (bicyclic) bond motifs is 2. The number of methoxy groups -OCH3 is 1. The Kier molecular flexibility index (Phi) is 8.91. The molecule has 3 aromatic carbocycles. The molecule has 1 N–H and O–H groups in total. The minimum absolute atomic E-state index is 0.0830. The van der Waals surface area contributed by atoms with E-state index in [2.05, 4.69) is 58.7 Å². The second-order valence-electron chi connectivity index (χ2n) is 10.2. The summed E-state index contributed by atoms with van der Waals surface area (Å²) in [7, 11) is 1.33. The van der Waals surface area contributed by atoms with Crippen molar-refractivity contribution in [1.29, 1.82) is 0 Å². The van der Waals surface area contributed by atoms with Gasteiger partial charge in [0.05, 0.1) is 13.2 Å². The fraction of sp³-hybridized carbons (Fsp3) is 0.375. The predicted molar refractivity (Wildman–Crippen MR) is 148 cm³/mol. The van der Waals surface area contributed by atoms with Gasteiger partial charge in [-0.15, -0.1) is 0 Å². The molecular formula is C32H36N2O5. The van der Waals surface area contributed by atoms with Crippen LogP contribution in [0.15, 0.2) is 78.9 Å². The van der Waals surface area contributed by atoms with E-state index >= 15 is 0 Å². The fourth-order valence-electron chi connectivity index (χ4n) is 5.53. The number of aryl methyl sites for hydroxylation is 2. The van der Waals surface area contributed by atoms with Crippen molar-refractivity contribution in [2.24, 2.45) is 0 Å². The highest BCUT2D eigenvalue weighted by atomic mass is 16.6. The number of carbonyl (C=O) groups is 2. The molecule has 0 saturated carbocycles. The first kappa shape index (κ1) is 26.9. The molecule has 1 aliphatic heterocycles. The summed E-state index contributed by atoms with van der Waals surface area (Å²) in [5.74, 6) is -0.489. The second-order valence-corrected chi connectivity index (χ2v) is 10.2. The number of nitrogens with one attached hydrogen (secondary N) is 1. The van der Waals surface area contributed by atoms with E-state index in [1.807, 2.05) is 30.3 Å². The van der Waals surface area contributed by atoms with Gasteiger partial charge in [0, 0.05) is 19.6 Å². The summed E-state index contributed by atoms with van der Waals surface area (Å²) in [5.41, 5.74) is 6.09. The lowest BCUT2D eigenvalue weighted by Gasteiger charge is -2.35. The van der Waals surface area contributed by atoms with Gasteiger partial charge >= 0.3 is 12.1 Å². The zero-order valence-corrected chi connectivity index (χ0v) is 22.4. The van der Waals surface area contributed by atoms with Gasteiger partial charge in [-0.05, 0) is 53.5 Å². The van der Waals surface area contributed by atoms with E-state index in [1.54, 1.807) is 0 Å². The summed E-state index contributed by atoms with van der Waals surface area (Å²) in [6.07, 6.45) is 3.09. The van der Waals surface area contributed by atoms with Crippen molar-refractivity contribution in [3.8, 4) is 0 Å². The number of likely N-dealkylation sites (tertiary alicyclic amines) is 1. The maximum Gasteiger partial charge on any atom is 0.408 e. The van der Waals surface area contributed by atoms with Crippen molar-refractivity contribution in [1.82, 2.24) is 10.2 Å². The van der Waals surface area contributed by atoms with Crippen LogP contribution in [0, 0.1) is 0 Å². The van der Waals surface area contributed by atoms with Crippen LogP contribution >= 0.6 is 0 Å². The van der Waals surface area contributed by atoms with Crippen molar-refractivity contribution in [2.45, 2.75) is 50.5 Å². The van der Waals surface area contributed by atoms with Gasteiger partial charge in [0.25, 0.3) is 0 Å². The molecule has 7 heteroatoms. The lowest BCUT2D eigenvalue weighted by molar-refractivity contribution is -0.143. The lowest BCUT2D eigenvalue weighted by Crippen LogP contribution is -2.51. The van der Waals surface area contributed by atoms with E-state index in [0.717, 1.165) is 44.3 Å². The third-order valence-corrected chi connectivity index (χ3v) is 7.63. The smallest absolute Gasteiger partial charge is 0.408 e. The molecule has 1 saturated heterocycles. The Morgan fingerprint density at radius 3 is 2.08 bits per heavy atom. The van der Waals surface area contributed by atoms with Gasteiger partial charge in [0.15, 0.2) is 0 Å².